The summed E-state index contributed by atoms with van der Waals surface area (Å²) < 4.78 is 5.44. The molecule has 0 saturated carbocycles. The monoisotopic (exact) mass is 408 g/mol. The molecule has 1 aromatic heterocycles. The highest BCUT2D eigenvalue weighted by atomic mass is 16.5. The zero-order valence-electron chi connectivity index (χ0n) is 16.6. The number of nitrogens with one attached hydrogen (secondary N) is 1. The van der Waals surface area contributed by atoms with Gasteiger partial charge in [-0.15, -0.1) is 0 Å². The van der Waals surface area contributed by atoms with Crippen molar-refractivity contribution in [1.29, 1.82) is 0 Å². The Balaban J connectivity index is 1.26. The summed E-state index contributed by atoms with van der Waals surface area (Å²) in [4.78, 5) is 44.6. The molecule has 0 spiro atoms. The van der Waals surface area contributed by atoms with Gasteiger partial charge in [0, 0.05) is 44.5 Å². The third-order valence-corrected chi connectivity index (χ3v) is 5.46. The van der Waals surface area contributed by atoms with E-state index in [2.05, 4.69) is 10.3 Å². The Bertz CT molecular complexity index is 926. The molecule has 0 unspecified atom stereocenters. The Kier molecular flexibility index (Phi) is 5.92. The number of para-hydroxylation sites is 2. The van der Waals surface area contributed by atoms with Gasteiger partial charge in [-0.2, -0.15) is 0 Å². The minimum Gasteiger partial charge on any atom is -0.482 e. The normalized spacial score (nSPS) is 16.6. The van der Waals surface area contributed by atoms with E-state index in [0.717, 1.165) is 0 Å². The number of anilines is 1. The molecule has 1 N–H and O–H groups in total. The lowest BCUT2D eigenvalue weighted by atomic mass is 10.0. The van der Waals surface area contributed by atoms with Gasteiger partial charge in [-0.1, -0.05) is 12.1 Å². The average Bonchev–Trinajstić information content (AvgIpc) is 2.79. The Morgan fingerprint density at radius 2 is 1.93 bits per heavy atom. The standard InChI is InChI=1S/C22H24N4O4/c27-20(9-13-26-18-5-1-2-6-19(18)30-15-21(26)28)25-11-7-17(8-12-25)24-22(29)16-4-3-10-23-14-16/h1-6,10,14,17H,7-9,11-13,15H2,(H,24,29). The third kappa shape index (κ3) is 4.42. The Morgan fingerprint density at radius 1 is 1.13 bits per heavy atom. The van der Waals surface area contributed by atoms with Crippen LogP contribution in [0.1, 0.15) is 29.6 Å². The number of amides is 3. The van der Waals surface area contributed by atoms with E-state index < -0.39 is 0 Å². The van der Waals surface area contributed by atoms with Gasteiger partial charge in [0.25, 0.3) is 11.8 Å². The van der Waals surface area contributed by atoms with Crippen LogP contribution in [0.3, 0.4) is 0 Å². The van der Waals surface area contributed by atoms with Crippen molar-refractivity contribution < 1.29 is 19.1 Å². The number of rotatable bonds is 5. The van der Waals surface area contributed by atoms with E-state index >= 15 is 0 Å². The van der Waals surface area contributed by atoms with Crippen molar-refractivity contribution in [2.24, 2.45) is 0 Å². The van der Waals surface area contributed by atoms with Crippen LogP contribution in [0.5, 0.6) is 5.75 Å². The van der Waals surface area contributed by atoms with Crippen LogP contribution in [-0.2, 0) is 9.59 Å². The Hall–Kier alpha value is -3.42. The first-order valence-electron chi connectivity index (χ1n) is 10.1. The molecular weight excluding hydrogens is 384 g/mol. The second-order valence-electron chi connectivity index (χ2n) is 7.42. The maximum absolute atomic E-state index is 12.7. The quantitative estimate of drug-likeness (QED) is 0.812. The summed E-state index contributed by atoms with van der Waals surface area (Å²) >= 11 is 0. The molecule has 3 amide bonds. The van der Waals surface area contributed by atoms with Crippen molar-refractivity contribution in [2.75, 3.05) is 31.1 Å². The average molecular weight is 408 g/mol. The number of likely N-dealkylation sites (tertiary alicyclic amines) is 1. The number of fused-ring (bicyclic) bond motifs is 1. The number of pyridine rings is 1. The largest absolute Gasteiger partial charge is 0.482 e. The van der Waals surface area contributed by atoms with Crippen LogP contribution in [0.4, 0.5) is 5.69 Å². The molecular formula is C22H24N4O4. The van der Waals surface area contributed by atoms with E-state index in [1.165, 1.54) is 0 Å². The highest BCUT2D eigenvalue weighted by molar-refractivity contribution is 5.98. The third-order valence-electron chi connectivity index (χ3n) is 5.46. The Labute approximate surface area is 174 Å². The summed E-state index contributed by atoms with van der Waals surface area (Å²) in [5.74, 6) is 0.397. The topological polar surface area (TPSA) is 91.8 Å². The van der Waals surface area contributed by atoms with E-state index in [4.69, 9.17) is 4.74 Å². The first-order chi connectivity index (χ1) is 14.6. The predicted molar refractivity (Wildman–Crippen MR) is 110 cm³/mol. The van der Waals surface area contributed by atoms with Gasteiger partial charge in [0.2, 0.25) is 5.91 Å². The minimum absolute atomic E-state index is 0.00672. The number of benzene rings is 1. The van der Waals surface area contributed by atoms with E-state index in [0.29, 0.717) is 49.5 Å². The molecule has 0 aliphatic carbocycles. The zero-order valence-corrected chi connectivity index (χ0v) is 16.6. The van der Waals surface area contributed by atoms with Crippen molar-refractivity contribution in [2.45, 2.75) is 25.3 Å². The molecule has 0 bridgehead atoms. The highest BCUT2D eigenvalue weighted by Crippen LogP contribution is 2.31. The van der Waals surface area contributed by atoms with Gasteiger partial charge in [-0.3, -0.25) is 19.4 Å². The van der Waals surface area contributed by atoms with Crippen molar-refractivity contribution in [3.05, 3.63) is 54.4 Å². The molecule has 0 radical (unpaired) electrons. The van der Waals surface area contributed by atoms with Crippen molar-refractivity contribution >= 4 is 23.4 Å². The number of aromatic nitrogens is 1. The second-order valence-corrected chi connectivity index (χ2v) is 7.42. The molecule has 4 rings (SSSR count). The van der Waals surface area contributed by atoms with E-state index in [-0.39, 0.29) is 36.8 Å². The van der Waals surface area contributed by atoms with Gasteiger partial charge in [-0.05, 0) is 37.1 Å². The van der Waals surface area contributed by atoms with Crippen LogP contribution in [0.25, 0.3) is 0 Å². The first kappa shape index (κ1) is 19.9. The van der Waals surface area contributed by atoms with E-state index in [1.807, 2.05) is 29.2 Å². The van der Waals surface area contributed by atoms with Gasteiger partial charge in [0.1, 0.15) is 5.75 Å². The number of ether oxygens (including phenoxy) is 1. The van der Waals surface area contributed by atoms with Crippen LogP contribution < -0.4 is 15.0 Å². The molecule has 156 valence electrons. The lowest BCUT2D eigenvalue weighted by molar-refractivity contribution is -0.132. The van der Waals surface area contributed by atoms with Gasteiger partial charge in [-0.25, -0.2) is 0 Å². The molecule has 2 aromatic rings. The number of carbonyl (C=O) groups excluding carboxylic acids is 3. The Morgan fingerprint density at radius 3 is 2.70 bits per heavy atom. The minimum atomic E-state index is -0.141. The van der Waals surface area contributed by atoms with Crippen LogP contribution in [0.2, 0.25) is 0 Å². The summed E-state index contributed by atoms with van der Waals surface area (Å²) in [6.45, 7) is 1.50. The molecule has 1 fully saturated rings. The smallest absolute Gasteiger partial charge is 0.265 e. The first-order valence-corrected chi connectivity index (χ1v) is 10.1. The lowest BCUT2D eigenvalue weighted by Crippen LogP contribution is -2.47. The van der Waals surface area contributed by atoms with Crippen LogP contribution in [-0.4, -0.2) is 59.9 Å². The lowest BCUT2D eigenvalue weighted by Gasteiger charge is -2.33. The number of hydrogen-bond donors (Lipinski definition) is 1. The fourth-order valence-electron chi connectivity index (χ4n) is 3.80. The van der Waals surface area contributed by atoms with Crippen molar-refractivity contribution in [1.82, 2.24) is 15.2 Å². The summed E-state index contributed by atoms with van der Waals surface area (Å²) in [7, 11) is 0. The van der Waals surface area contributed by atoms with Crippen molar-refractivity contribution in [3.63, 3.8) is 0 Å². The zero-order chi connectivity index (χ0) is 20.9. The molecule has 1 saturated heterocycles. The summed E-state index contributed by atoms with van der Waals surface area (Å²) in [5, 5.41) is 3.01. The number of carbonyl (C=O) groups is 3. The second kappa shape index (κ2) is 8.94. The number of nitrogens with zero attached hydrogens (tertiary/aromatic N) is 3. The predicted octanol–water partition coefficient (Wildman–Crippen LogP) is 1.62. The van der Waals surface area contributed by atoms with Crippen LogP contribution in [0.15, 0.2) is 48.8 Å². The van der Waals surface area contributed by atoms with Gasteiger partial charge in [0.05, 0.1) is 11.3 Å². The molecule has 3 heterocycles. The molecule has 8 heteroatoms. The van der Waals surface area contributed by atoms with Gasteiger partial charge < -0.3 is 19.9 Å². The fourth-order valence-corrected chi connectivity index (χ4v) is 3.80. The van der Waals surface area contributed by atoms with Crippen LogP contribution >= 0.6 is 0 Å². The van der Waals surface area contributed by atoms with Crippen molar-refractivity contribution in [3.8, 4) is 5.75 Å². The molecule has 30 heavy (non-hydrogen) atoms. The number of piperidine rings is 1. The molecule has 1 aromatic carbocycles. The summed E-state index contributed by atoms with van der Waals surface area (Å²) in [5.41, 5.74) is 1.24. The summed E-state index contributed by atoms with van der Waals surface area (Å²) in [6.07, 6.45) is 4.84. The molecule has 2 aliphatic rings. The molecule has 0 atom stereocenters. The summed E-state index contributed by atoms with van der Waals surface area (Å²) in [6, 6.07) is 10.8. The highest BCUT2D eigenvalue weighted by Gasteiger charge is 2.28. The maximum Gasteiger partial charge on any atom is 0.265 e. The van der Waals surface area contributed by atoms with Crippen LogP contribution in [0, 0.1) is 0 Å². The maximum atomic E-state index is 12.7. The molecule has 8 nitrogen and oxygen atoms in total. The van der Waals surface area contributed by atoms with E-state index in [9.17, 15) is 14.4 Å². The van der Waals surface area contributed by atoms with Gasteiger partial charge in [0.15, 0.2) is 6.61 Å². The SMILES string of the molecule is O=C(NC1CCN(C(=O)CCN2C(=O)COc3ccccc32)CC1)c1cccnc1. The fraction of sp³-hybridized carbons (Fsp3) is 0.364. The van der Waals surface area contributed by atoms with E-state index in [1.54, 1.807) is 29.4 Å². The van der Waals surface area contributed by atoms with Gasteiger partial charge >= 0.3 is 0 Å². The number of hydrogen-bond acceptors (Lipinski definition) is 5. The molecule has 2 aliphatic heterocycles.